The Morgan fingerprint density at radius 2 is 1.85 bits per heavy atom. The van der Waals surface area contributed by atoms with E-state index in [1.165, 1.54) is 0 Å². The molecule has 2 aliphatic heterocycles. The first kappa shape index (κ1) is 19.7. The van der Waals surface area contributed by atoms with E-state index >= 15 is 0 Å². The molecule has 27 heavy (non-hydrogen) atoms. The molecule has 3 rings (SSSR count). The van der Waals surface area contributed by atoms with E-state index < -0.39 is 17.7 Å². The van der Waals surface area contributed by atoms with Crippen molar-refractivity contribution in [3.63, 3.8) is 0 Å². The van der Waals surface area contributed by atoms with E-state index in [4.69, 9.17) is 9.47 Å². The van der Waals surface area contributed by atoms with E-state index in [2.05, 4.69) is 0 Å². The van der Waals surface area contributed by atoms with Crippen LogP contribution in [0.4, 0.5) is 4.79 Å². The summed E-state index contributed by atoms with van der Waals surface area (Å²) in [5, 5.41) is 0. The standard InChI is InChI=1S/C21H30N2O4/c1-21(2,3)27-20(25)23-12-8-7-11-17(23)19(24)22-13-14-26-18(15-22)16-9-5-4-6-10-16/h4-6,9-10,17-18H,7-8,11-15H2,1-3H3/t17-,18-/m1/s1. The summed E-state index contributed by atoms with van der Waals surface area (Å²) in [6.07, 6.45) is 2.02. The number of carbonyl (C=O) groups excluding carboxylic acids is 2. The third-order valence-electron chi connectivity index (χ3n) is 4.97. The molecule has 2 atom stereocenters. The number of carbonyl (C=O) groups is 2. The van der Waals surface area contributed by atoms with Crippen molar-refractivity contribution in [3.8, 4) is 0 Å². The maximum atomic E-state index is 13.2. The molecule has 0 aromatic heterocycles. The molecule has 6 heteroatoms. The van der Waals surface area contributed by atoms with Crippen molar-refractivity contribution in [1.82, 2.24) is 9.80 Å². The molecule has 2 amide bonds. The fourth-order valence-electron chi connectivity index (χ4n) is 3.66. The zero-order valence-electron chi connectivity index (χ0n) is 16.5. The molecule has 1 aromatic carbocycles. The van der Waals surface area contributed by atoms with Crippen molar-refractivity contribution in [2.75, 3.05) is 26.2 Å². The number of hydrogen-bond donors (Lipinski definition) is 0. The molecule has 2 heterocycles. The Hall–Kier alpha value is -2.08. The number of morpholine rings is 1. The number of piperidine rings is 1. The summed E-state index contributed by atoms with van der Waals surface area (Å²) in [4.78, 5) is 29.3. The Labute approximate surface area is 161 Å². The first-order valence-electron chi connectivity index (χ1n) is 9.80. The summed E-state index contributed by atoms with van der Waals surface area (Å²) in [6.45, 7) is 7.68. The van der Waals surface area contributed by atoms with Crippen LogP contribution >= 0.6 is 0 Å². The minimum atomic E-state index is -0.570. The average Bonchev–Trinajstić information content (AvgIpc) is 2.67. The van der Waals surface area contributed by atoms with Crippen LogP contribution in [0.3, 0.4) is 0 Å². The number of rotatable bonds is 2. The highest BCUT2D eigenvalue weighted by molar-refractivity contribution is 5.86. The third-order valence-corrected chi connectivity index (χ3v) is 4.97. The van der Waals surface area contributed by atoms with Gasteiger partial charge in [-0.2, -0.15) is 0 Å². The molecule has 0 bridgehead atoms. The Morgan fingerprint density at radius 3 is 2.56 bits per heavy atom. The maximum absolute atomic E-state index is 13.2. The van der Waals surface area contributed by atoms with Gasteiger partial charge in [0.2, 0.25) is 5.91 Å². The molecule has 0 unspecified atom stereocenters. The second kappa shape index (κ2) is 8.30. The van der Waals surface area contributed by atoms with E-state index in [0.29, 0.717) is 32.7 Å². The number of hydrogen-bond acceptors (Lipinski definition) is 4. The lowest BCUT2D eigenvalue weighted by Gasteiger charge is -2.40. The van der Waals surface area contributed by atoms with Gasteiger partial charge in [-0.15, -0.1) is 0 Å². The van der Waals surface area contributed by atoms with E-state index in [0.717, 1.165) is 18.4 Å². The van der Waals surface area contributed by atoms with Crippen LogP contribution < -0.4 is 0 Å². The van der Waals surface area contributed by atoms with E-state index in [1.54, 1.807) is 4.90 Å². The van der Waals surface area contributed by atoms with Gasteiger partial charge in [0.25, 0.3) is 0 Å². The van der Waals surface area contributed by atoms with Crippen LogP contribution in [0.2, 0.25) is 0 Å². The molecule has 0 N–H and O–H groups in total. The normalized spacial score (nSPS) is 23.8. The molecule has 0 saturated carbocycles. The summed E-state index contributed by atoms with van der Waals surface area (Å²) in [5.74, 6) is 0.00444. The van der Waals surface area contributed by atoms with Crippen LogP contribution in [0.15, 0.2) is 30.3 Å². The summed E-state index contributed by atoms with van der Waals surface area (Å²) in [7, 11) is 0. The van der Waals surface area contributed by atoms with Crippen LogP contribution in [-0.4, -0.2) is 59.7 Å². The molecule has 148 valence electrons. The minimum Gasteiger partial charge on any atom is -0.444 e. The van der Waals surface area contributed by atoms with Crippen molar-refractivity contribution in [2.24, 2.45) is 0 Å². The SMILES string of the molecule is CC(C)(C)OC(=O)N1CCCC[C@@H]1C(=O)N1CCO[C@@H](c2ccccc2)C1. The fraction of sp³-hybridized carbons (Fsp3) is 0.619. The van der Waals surface area contributed by atoms with E-state index in [-0.39, 0.29) is 12.0 Å². The minimum absolute atomic E-state index is 0.00444. The van der Waals surface area contributed by atoms with Gasteiger partial charge in [0.05, 0.1) is 13.2 Å². The first-order valence-corrected chi connectivity index (χ1v) is 9.80. The second-order valence-corrected chi connectivity index (χ2v) is 8.24. The van der Waals surface area contributed by atoms with Gasteiger partial charge >= 0.3 is 6.09 Å². The lowest BCUT2D eigenvalue weighted by Crippen LogP contribution is -2.56. The average molecular weight is 374 g/mol. The molecule has 0 spiro atoms. The number of ether oxygens (including phenoxy) is 2. The van der Waals surface area contributed by atoms with Crippen LogP contribution in [-0.2, 0) is 14.3 Å². The number of amides is 2. The molecule has 2 fully saturated rings. The van der Waals surface area contributed by atoms with Crippen molar-refractivity contribution >= 4 is 12.0 Å². The van der Waals surface area contributed by atoms with E-state index in [9.17, 15) is 9.59 Å². The summed E-state index contributed by atoms with van der Waals surface area (Å²) in [6, 6.07) is 9.52. The van der Waals surface area contributed by atoms with Crippen LogP contribution in [0.5, 0.6) is 0 Å². The van der Waals surface area contributed by atoms with E-state index in [1.807, 2.05) is 56.0 Å². The van der Waals surface area contributed by atoms with Gasteiger partial charge in [0.15, 0.2) is 0 Å². The van der Waals surface area contributed by atoms with Crippen LogP contribution in [0, 0.1) is 0 Å². The lowest BCUT2D eigenvalue weighted by molar-refractivity contribution is -0.145. The third kappa shape index (κ3) is 5.01. The highest BCUT2D eigenvalue weighted by atomic mass is 16.6. The summed E-state index contributed by atoms with van der Waals surface area (Å²) in [5.41, 5.74) is 0.502. The smallest absolute Gasteiger partial charge is 0.410 e. The molecule has 1 aromatic rings. The predicted molar refractivity (Wildman–Crippen MR) is 102 cm³/mol. The molecule has 2 saturated heterocycles. The van der Waals surface area contributed by atoms with Gasteiger partial charge in [-0.3, -0.25) is 9.69 Å². The first-order chi connectivity index (χ1) is 12.8. The lowest BCUT2D eigenvalue weighted by atomic mass is 10.0. The Morgan fingerprint density at radius 1 is 1.11 bits per heavy atom. The molecule has 2 aliphatic rings. The van der Waals surface area contributed by atoms with Gasteiger partial charge in [-0.25, -0.2) is 4.79 Å². The molecule has 0 radical (unpaired) electrons. The van der Waals surface area contributed by atoms with Crippen molar-refractivity contribution in [3.05, 3.63) is 35.9 Å². The number of benzene rings is 1. The van der Waals surface area contributed by atoms with Gasteiger partial charge in [-0.05, 0) is 45.6 Å². The molecule has 6 nitrogen and oxygen atoms in total. The Kier molecular flexibility index (Phi) is 6.05. The molecular formula is C21H30N2O4. The number of likely N-dealkylation sites (tertiary alicyclic amines) is 1. The second-order valence-electron chi connectivity index (χ2n) is 8.24. The summed E-state index contributed by atoms with van der Waals surface area (Å²) >= 11 is 0. The largest absolute Gasteiger partial charge is 0.444 e. The Balaban J connectivity index is 1.69. The van der Waals surface area contributed by atoms with Gasteiger partial charge < -0.3 is 14.4 Å². The zero-order chi connectivity index (χ0) is 19.4. The highest BCUT2D eigenvalue weighted by Crippen LogP contribution is 2.26. The van der Waals surface area contributed by atoms with Gasteiger partial charge in [0.1, 0.15) is 17.7 Å². The van der Waals surface area contributed by atoms with Crippen LogP contribution in [0.1, 0.15) is 51.7 Å². The van der Waals surface area contributed by atoms with Crippen molar-refractivity contribution in [2.45, 2.75) is 57.8 Å². The summed E-state index contributed by atoms with van der Waals surface area (Å²) < 4.78 is 11.4. The highest BCUT2D eigenvalue weighted by Gasteiger charge is 2.38. The van der Waals surface area contributed by atoms with Crippen molar-refractivity contribution in [1.29, 1.82) is 0 Å². The van der Waals surface area contributed by atoms with Crippen LogP contribution in [0.25, 0.3) is 0 Å². The quantitative estimate of drug-likeness (QED) is 0.796. The maximum Gasteiger partial charge on any atom is 0.410 e. The molecular weight excluding hydrogens is 344 g/mol. The van der Waals surface area contributed by atoms with Gasteiger partial charge in [-0.1, -0.05) is 30.3 Å². The predicted octanol–water partition coefficient (Wildman–Crippen LogP) is 3.38. The van der Waals surface area contributed by atoms with Crippen molar-refractivity contribution < 1.29 is 19.1 Å². The fourth-order valence-corrected chi connectivity index (χ4v) is 3.66. The molecule has 0 aliphatic carbocycles. The monoisotopic (exact) mass is 374 g/mol. The zero-order valence-corrected chi connectivity index (χ0v) is 16.5. The number of nitrogens with zero attached hydrogens (tertiary/aromatic N) is 2. The topological polar surface area (TPSA) is 59.1 Å². The Bertz CT molecular complexity index is 656. The van der Waals surface area contributed by atoms with Gasteiger partial charge in [0, 0.05) is 13.1 Å².